The van der Waals surface area contributed by atoms with Gasteiger partial charge >= 0.3 is 12.1 Å². The van der Waals surface area contributed by atoms with Crippen LogP contribution in [0.5, 0.6) is 5.75 Å². The third-order valence-electron chi connectivity index (χ3n) is 4.41. The highest BCUT2D eigenvalue weighted by atomic mass is 32.2. The molecule has 1 aromatic rings. The number of aliphatic carboxylic acids is 1. The number of nitrogens with one attached hydrogen (secondary N) is 1. The van der Waals surface area contributed by atoms with Crippen molar-refractivity contribution in [1.29, 1.82) is 0 Å². The van der Waals surface area contributed by atoms with Gasteiger partial charge in [0.25, 0.3) is 0 Å². The summed E-state index contributed by atoms with van der Waals surface area (Å²) in [7, 11) is -3.61. The molecule has 2 N–H and O–H groups in total. The first-order valence-electron chi connectivity index (χ1n) is 9.95. The van der Waals surface area contributed by atoms with Crippen LogP contribution in [-0.4, -0.2) is 86.7 Å². The lowest BCUT2D eigenvalue weighted by atomic mass is 10.3. The number of halogens is 3. The number of carboxylic acid groups (broad SMARTS) is 1. The highest BCUT2D eigenvalue weighted by Crippen LogP contribution is 2.20. The molecule has 0 spiro atoms. The Balaban J connectivity index is 0.000000633. The van der Waals surface area contributed by atoms with E-state index >= 15 is 0 Å². The highest BCUT2D eigenvalue weighted by molar-refractivity contribution is 7.89. The Labute approximate surface area is 185 Å². The first kappa shape index (κ1) is 27.7. The summed E-state index contributed by atoms with van der Waals surface area (Å²) in [5, 5.41) is 10.3. The van der Waals surface area contributed by atoms with Gasteiger partial charge in [-0.3, -0.25) is 4.79 Å². The summed E-state index contributed by atoms with van der Waals surface area (Å²) in [6.07, 6.45) is -4.88. The molecule has 0 atom stereocenters. The van der Waals surface area contributed by atoms with Crippen LogP contribution in [-0.2, 0) is 19.6 Å². The predicted molar refractivity (Wildman–Crippen MR) is 110 cm³/mol. The van der Waals surface area contributed by atoms with Crippen molar-refractivity contribution < 1.29 is 41.0 Å². The molecule has 1 aliphatic rings. The van der Waals surface area contributed by atoms with Crippen molar-refractivity contribution in [3.05, 3.63) is 24.3 Å². The lowest BCUT2D eigenvalue weighted by Crippen LogP contribution is -2.47. The van der Waals surface area contributed by atoms with E-state index in [1.54, 1.807) is 36.1 Å². The number of nitrogens with zero attached hydrogens (tertiary/aromatic N) is 2. The smallest absolute Gasteiger partial charge is 0.490 e. The van der Waals surface area contributed by atoms with Gasteiger partial charge < -0.3 is 20.1 Å². The number of carbonyl (C=O) groups excluding carboxylic acids is 1. The van der Waals surface area contributed by atoms with Crippen LogP contribution in [0.1, 0.15) is 20.3 Å². The quantitative estimate of drug-likeness (QED) is 0.576. The zero-order chi connectivity index (χ0) is 24.4. The second-order valence-electron chi connectivity index (χ2n) is 6.58. The van der Waals surface area contributed by atoms with E-state index in [0.29, 0.717) is 32.0 Å². The Bertz CT molecular complexity index is 841. The molecule has 0 bridgehead atoms. The molecule has 1 aromatic carbocycles. The zero-order valence-corrected chi connectivity index (χ0v) is 18.7. The third-order valence-corrected chi connectivity index (χ3v) is 6.40. The third kappa shape index (κ3) is 8.63. The second kappa shape index (κ2) is 12.6. The van der Waals surface area contributed by atoms with Crippen molar-refractivity contribution in [3.8, 4) is 5.75 Å². The van der Waals surface area contributed by atoms with E-state index < -0.39 is 22.2 Å². The second-order valence-corrected chi connectivity index (χ2v) is 8.52. The maximum absolute atomic E-state index is 12.8. The van der Waals surface area contributed by atoms with Crippen molar-refractivity contribution in [2.45, 2.75) is 31.3 Å². The van der Waals surface area contributed by atoms with Crippen LogP contribution < -0.4 is 10.1 Å². The van der Waals surface area contributed by atoms with Gasteiger partial charge in [-0.05, 0) is 31.2 Å². The van der Waals surface area contributed by atoms with E-state index in [2.05, 4.69) is 5.32 Å². The Morgan fingerprint density at radius 2 is 1.69 bits per heavy atom. The van der Waals surface area contributed by atoms with Gasteiger partial charge in [-0.15, -0.1) is 0 Å². The number of hydrogen-bond acceptors (Lipinski definition) is 6. The molecule has 182 valence electrons. The van der Waals surface area contributed by atoms with Gasteiger partial charge in [0.2, 0.25) is 15.9 Å². The first-order chi connectivity index (χ1) is 14.9. The normalized spacial score (nSPS) is 14.5. The molecule has 1 saturated heterocycles. The molecule has 13 heteroatoms. The summed E-state index contributed by atoms with van der Waals surface area (Å²) >= 11 is 0. The van der Waals surface area contributed by atoms with Crippen molar-refractivity contribution in [1.82, 2.24) is 14.5 Å². The fraction of sp³-hybridized carbons (Fsp3) is 0.579. The van der Waals surface area contributed by atoms with Crippen LogP contribution in [0, 0.1) is 0 Å². The maximum atomic E-state index is 12.8. The average Bonchev–Trinajstić information content (AvgIpc) is 2.75. The topological polar surface area (TPSA) is 116 Å². The SMILES string of the molecule is CCOc1ccc(S(=O)(=O)N(CC)CCC(=O)N2CCNCC2)cc1.O=C(O)C(F)(F)F. The fourth-order valence-electron chi connectivity index (χ4n) is 2.76. The summed E-state index contributed by atoms with van der Waals surface area (Å²) in [6.45, 7) is 7.62. The number of piperazine rings is 1. The van der Waals surface area contributed by atoms with Crippen LogP contribution >= 0.6 is 0 Å². The van der Waals surface area contributed by atoms with Gasteiger partial charge in [0.15, 0.2) is 0 Å². The molecular weight excluding hydrogens is 455 g/mol. The maximum Gasteiger partial charge on any atom is 0.490 e. The van der Waals surface area contributed by atoms with Gasteiger partial charge in [-0.1, -0.05) is 6.92 Å². The largest absolute Gasteiger partial charge is 0.494 e. The Hall–Kier alpha value is -2.38. The van der Waals surface area contributed by atoms with Gasteiger partial charge in [0.1, 0.15) is 5.75 Å². The van der Waals surface area contributed by atoms with Crippen LogP contribution in [0.25, 0.3) is 0 Å². The molecule has 0 saturated carbocycles. The summed E-state index contributed by atoms with van der Waals surface area (Å²) < 4.78 is 64.0. The monoisotopic (exact) mass is 483 g/mol. The number of sulfonamides is 1. The summed E-state index contributed by atoms with van der Waals surface area (Å²) in [4.78, 5) is 23.2. The Morgan fingerprint density at radius 1 is 1.16 bits per heavy atom. The predicted octanol–water partition coefficient (Wildman–Crippen LogP) is 1.55. The molecule has 0 aliphatic carbocycles. The molecule has 0 aromatic heterocycles. The van der Waals surface area contributed by atoms with Gasteiger partial charge in [0, 0.05) is 45.7 Å². The fourth-order valence-corrected chi connectivity index (χ4v) is 4.21. The molecule has 0 radical (unpaired) electrons. The number of rotatable bonds is 8. The number of amides is 1. The van der Waals surface area contributed by atoms with E-state index in [4.69, 9.17) is 14.6 Å². The van der Waals surface area contributed by atoms with Gasteiger partial charge in [0.05, 0.1) is 11.5 Å². The minimum absolute atomic E-state index is 0.00171. The van der Waals surface area contributed by atoms with Crippen LogP contribution in [0.2, 0.25) is 0 Å². The lowest BCUT2D eigenvalue weighted by molar-refractivity contribution is -0.192. The molecule has 2 rings (SSSR count). The summed E-state index contributed by atoms with van der Waals surface area (Å²) in [5.41, 5.74) is 0. The standard InChI is InChI=1S/C17H27N3O4S.C2HF3O2/c1-3-20(12-9-17(21)19-13-10-18-11-14-19)25(22,23)16-7-5-15(6-8-16)24-4-2;3-2(4,5)1(6)7/h5-8,18H,3-4,9-14H2,1-2H3;(H,6,7). The van der Waals surface area contributed by atoms with Crippen molar-refractivity contribution >= 4 is 21.9 Å². The van der Waals surface area contributed by atoms with Crippen LogP contribution in [0.3, 0.4) is 0 Å². The molecule has 32 heavy (non-hydrogen) atoms. The first-order valence-corrected chi connectivity index (χ1v) is 11.4. The molecular formula is C19H28F3N3O6S. The number of carbonyl (C=O) groups is 2. The lowest BCUT2D eigenvalue weighted by Gasteiger charge is -2.28. The van der Waals surface area contributed by atoms with Crippen LogP contribution in [0.15, 0.2) is 29.2 Å². The molecule has 0 unspecified atom stereocenters. The van der Waals surface area contributed by atoms with Crippen LogP contribution in [0.4, 0.5) is 13.2 Å². The van der Waals surface area contributed by atoms with E-state index in [9.17, 15) is 26.4 Å². The minimum Gasteiger partial charge on any atom is -0.494 e. The molecule has 1 aliphatic heterocycles. The van der Waals surface area contributed by atoms with E-state index in [0.717, 1.165) is 13.1 Å². The zero-order valence-electron chi connectivity index (χ0n) is 17.9. The van der Waals surface area contributed by atoms with Gasteiger partial charge in [-0.25, -0.2) is 13.2 Å². The van der Waals surface area contributed by atoms with Crippen molar-refractivity contribution in [2.75, 3.05) is 45.9 Å². The summed E-state index contributed by atoms with van der Waals surface area (Å²) in [5.74, 6) is -2.12. The number of carboxylic acids is 1. The molecule has 1 amide bonds. The Morgan fingerprint density at radius 3 is 2.12 bits per heavy atom. The van der Waals surface area contributed by atoms with E-state index in [-0.39, 0.29) is 23.8 Å². The molecule has 1 fully saturated rings. The molecule has 9 nitrogen and oxygen atoms in total. The number of hydrogen-bond donors (Lipinski definition) is 2. The number of alkyl halides is 3. The van der Waals surface area contributed by atoms with Crippen molar-refractivity contribution in [2.24, 2.45) is 0 Å². The minimum atomic E-state index is -5.08. The van der Waals surface area contributed by atoms with E-state index in [1.165, 1.54) is 4.31 Å². The molecule has 1 heterocycles. The van der Waals surface area contributed by atoms with E-state index in [1.807, 2.05) is 6.92 Å². The Kier molecular flexibility index (Phi) is 10.9. The van der Waals surface area contributed by atoms with Crippen molar-refractivity contribution in [3.63, 3.8) is 0 Å². The number of benzene rings is 1. The van der Waals surface area contributed by atoms with Gasteiger partial charge in [-0.2, -0.15) is 17.5 Å². The summed E-state index contributed by atoms with van der Waals surface area (Å²) in [6, 6.07) is 6.38. The highest BCUT2D eigenvalue weighted by Gasteiger charge is 2.38. The number of ether oxygens (including phenoxy) is 1. The average molecular weight is 484 g/mol.